The second-order valence-corrected chi connectivity index (χ2v) is 10.2. The van der Waals surface area contributed by atoms with Crippen molar-refractivity contribution >= 4 is 22.9 Å². The highest BCUT2D eigenvalue weighted by molar-refractivity contribution is 6.36. The van der Waals surface area contributed by atoms with Gasteiger partial charge in [0, 0.05) is 48.6 Å². The molecule has 1 fully saturated rings. The van der Waals surface area contributed by atoms with Crippen molar-refractivity contribution < 1.29 is 14.3 Å². The summed E-state index contributed by atoms with van der Waals surface area (Å²) in [7, 11) is 0. The average Bonchev–Trinajstić information content (AvgIpc) is 3.41. The Balaban J connectivity index is 1.23. The summed E-state index contributed by atoms with van der Waals surface area (Å²) in [6, 6.07) is 14.4. The van der Waals surface area contributed by atoms with Crippen LogP contribution in [0.25, 0.3) is 11.3 Å². The number of carbonyl (C=O) groups excluding carboxylic acids is 1. The largest absolute Gasteiger partial charge is 0.487 e. The summed E-state index contributed by atoms with van der Waals surface area (Å²) in [4.78, 5) is 17.8. The fourth-order valence-electron chi connectivity index (χ4n) is 5.36. The Morgan fingerprint density at radius 1 is 1.06 bits per heavy atom. The molecule has 1 N–H and O–H groups in total. The SMILES string of the molecule is CC(C)CN(CCCN1CCOCC1)CCc1ccc2c(c1)COC2=C1C(=O)Nc2ccccc21. The number of amides is 1. The Hall–Kier alpha value is -2.67. The van der Waals surface area contributed by atoms with Crippen LogP contribution in [-0.2, 0) is 27.3 Å². The molecule has 0 bridgehead atoms. The molecule has 1 amide bonds. The zero-order valence-corrected chi connectivity index (χ0v) is 21.0. The lowest BCUT2D eigenvalue weighted by atomic mass is 9.98. The van der Waals surface area contributed by atoms with E-state index in [4.69, 9.17) is 9.47 Å². The summed E-state index contributed by atoms with van der Waals surface area (Å²) >= 11 is 0. The maximum Gasteiger partial charge on any atom is 0.260 e. The molecule has 0 saturated carbocycles. The fourth-order valence-corrected chi connectivity index (χ4v) is 5.36. The first-order chi connectivity index (χ1) is 17.1. The standard InChI is InChI=1S/C29H37N3O3/c1-21(2)19-32(12-5-11-31-14-16-34-17-15-31)13-10-22-8-9-24-23(18-22)20-35-28(24)27-25-6-3-4-7-26(25)30-29(27)33/h3-4,6-9,18,21H,5,10-17,19-20H2,1-2H3,(H,30,33). The van der Waals surface area contributed by atoms with Crippen LogP contribution in [0.2, 0.25) is 0 Å². The molecule has 6 heteroatoms. The van der Waals surface area contributed by atoms with Crippen molar-refractivity contribution in [2.75, 3.05) is 57.8 Å². The Bertz CT molecular complexity index is 1090. The van der Waals surface area contributed by atoms with Crippen molar-refractivity contribution in [1.82, 2.24) is 9.80 Å². The van der Waals surface area contributed by atoms with E-state index in [9.17, 15) is 4.79 Å². The van der Waals surface area contributed by atoms with Crippen molar-refractivity contribution in [3.05, 3.63) is 64.7 Å². The molecule has 2 aromatic rings. The summed E-state index contributed by atoms with van der Waals surface area (Å²) in [5.41, 5.74) is 5.97. The molecule has 5 rings (SSSR count). The van der Waals surface area contributed by atoms with E-state index in [0.29, 0.717) is 23.9 Å². The molecule has 6 nitrogen and oxygen atoms in total. The number of nitrogens with zero attached hydrogens (tertiary/aromatic N) is 2. The van der Waals surface area contributed by atoms with Crippen molar-refractivity contribution in [3.63, 3.8) is 0 Å². The fraction of sp³-hybridized carbons (Fsp3) is 0.483. The van der Waals surface area contributed by atoms with Crippen molar-refractivity contribution in [3.8, 4) is 0 Å². The van der Waals surface area contributed by atoms with Gasteiger partial charge >= 0.3 is 0 Å². The second kappa shape index (κ2) is 10.9. The van der Waals surface area contributed by atoms with Gasteiger partial charge in [-0.1, -0.05) is 50.2 Å². The first-order valence-corrected chi connectivity index (χ1v) is 13.0. The van der Waals surface area contributed by atoms with E-state index >= 15 is 0 Å². The first-order valence-electron chi connectivity index (χ1n) is 13.0. The van der Waals surface area contributed by atoms with Gasteiger partial charge < -0.3 is 19.7 Å². The molecule has 0 spiro atoms. The van der Waals surface area contributed by atoms with Gasteiger partial charge in [0.15, 0.2) is 0 Å². The smallest absolute Gasteiger partial charge is 0.260 e. The summed E-state index contributed by atoms with van der Waals surface area (Å²) in [5.74, 6) is 1.28. The van der Waals surface area contributed by atoms with Gasteiger partial charge in [0.2, 0.25) is 0 Å². The number of anilines is 1. The van der Waals surface area contributed by atoms with E-state index in [1.807, 2.05) is 24.3 Å². The molecular weight excluding hydrogens is 438 g/mol. The van der Waals surface area contributed by atoms with E-state index < -0.39 is 0 Å². The molecule has 3 aliphatic rings. The number of ether oxygens (including phenoxy) is 2. The van der Waals surface area contributed by atoms with Gasteiger partial charge in [0.25, 0.3) is 5.91 Å². The van der Waals surface area contributed by atoms with Crippen LogP contribution in [-0.4, -0.2) is 68.2 Å². The zero-order valence-electron chi connectivity index (χ0n) is 21.0. The van der Waals surface area contributed by atoms with Crippen LogP contribution in [0.15, 0.2) is 42.5 Å². The molecule has 186 valence electrons. The lowest BCUT2D eigenvalue weighted by Crippen LogP contribution is -2.38. The van der Waals surface area contributed by atoms with Crippen LogP contribution in [0.5, 0.6) is 0 Å². The monoisotopic (exact) mass is 475 g/mol. The van der Waals surface area contributed by atoms with Crippen LogP contribution >= 0.6 is 0 Å². The quantitative estimate of drug-likeness (QED) is 0.550. The normalized spacial score (nSPS) is 19.7. The number of rotatable bonds is 9. The summed E-state index contributed by atoms with van der Waals surface area (Å²) in [6.45, 7) is 13.5. The number of carbonyl (C=O) groups is 1. The molecule has 0 unspecified atom stereocenters. The van der Waals surface area contributed by atoms with Crippen molar-refractivity contribution in [2.24, 2.45) is 5.92 Å². The Morgan fingerprint density at radius 3 is 2.71 bits per heavy atom. The molecule has 2 aromatic carbocycles. The molecule has 3 aliphatic heterocycles. The molecule has 35 heavy (non-hydrogen) atoms. The third-order valence-corrected chi connectivity index (χ3v) is 7.08. The van der Waals surface area contributed by atoms with Crippen molar-refractivity contribution in [1.29, 1.82) is 0 Å². The van der Waals surface area contributed by atoms with E-state index in [2.05, 4.69) is 47.2 Å². The summed E-state index contributed by atoms with van der Waals surface area (Å²) in [5, 5.41) is 2.96. The minimum Gasteiger partial charge on any atom is -0.487 e. The van der Waals surface area contributed by atoms with E-state index in [1.54, 1.807) is 0 Å². The maximum absolute atomic E-state index is 12.7. The van der Waals surface area contributed by atoms with Crippen molar-refractivity contribution in [2.45, 2.75) is 33.3 Å². The van der Waals surface area contributed by atoms with Crippen LogP contribution < -0.4 is 5.32 Å². The van der Waals surface area contributed by atoms with E-state index in [1.165, 1.54) is 17.5 Å². The minimum absolute atomic E-state index is 0.0838. The molecular formula is C29H37N3O3. The number of hydrogen-bond acceptors (Lipinski definition) is 5. The van der Waals surface area contributed by atoms with Crippen LogP contribution in [0, 0.1) is 5.92 Å². The van der Waals surface area contributed by atoms with Gasteiger partial charge in [-0.05, 0) is 43.5 Å². The van der Waals surface area contributed by atoms with Gasteiger partial charge in [-0.15, -0.1) is 0 Å². The van der Waals surface area contributed by atoms with Gasteiger partial charge in [0.1, 0.15) is 12.4 Å². The molecule has 3 heterocycles. The average molecular weight is 476 g/mol. The maximum atomic E-state index is 12.7. The predicted molar refractivity (Wildman–Crippen MR) is 140 cm³/mol. The number of para-hydroxylation sites is 1. The lowest BCUT2D eigenvalue weighted by Gasteiger charge is -2.29. The van der Waals surface area contributed by atoms with Gasteiger partial charge in [-0.25, -0.2) is 0 Å². The molecule has 0 radical (unpaired) electrons. The van der Waals surface area contributed by atoms with Gasteiger partial charge in [-0.2, -0.15) is 0 Å². The van der Waals surface area contributed by atoms with E-state index in [-0.39, 0.29) is 5.91 Å². The van der Waals surface area contributed by atoms with E-state index in [0.717, 1.165) is 75.7 Å². The first kappa shape index (κ1) is 24.0. The zero-order chi connectivity index (χ0) is 24.2. The summed E-state index contributed by atoms with van der Waals surface area (Å²) < 4.78 is 11.5. The molecule has 0 aromatic heterocycles. The number of fused-ring (bicyclic) bond motifs is 2. The van der Waals surface area contributed by atoms with Crippen LogP contribution in [0.4, 0.5) is 5.69 Å². The topological polar surface area (TPSA) is 54.0 Å². The Labute approximate surface area is 208 Å². The molecule has 1 saturated heterocycles. The number of nitrogens with one attached hydrogen (secondary N) is 1. The number of benzene rings is 2. The summed E-state index contributed by atoms with van der Waals surface area (Å²) in [6.07, 6.45) is 2.22. The predicted octanol–water partition coefficient (Wildman–Crippen LogP) is 4.26. The highest BCUT2D eigenvalue weighted by atomic mass is 16.5. The van der Waals surface area contributed by atoms with Gasteiger partial charge in [0.05, 0.1) is 18.8 Å². The Kier molecular flexibility index (Phi) is 7.51. The van der Waals surface area contributed by atoms with Crippen LogP contribution in [0.3, 0.4) is 0 Å². The second-order valence-electron chi connectivity index (χ2n) is 10.2. The highest BCUT2D eigenvalue weighted by Crippen LogP contribution is 2.41. The molecule has 0 aliphatic carbocycles. The highest BCUT2D eigenvalue weighted by Gasteiger charge is 2.32. The number of hydrogen-bond donors (Lipinski definition) is 1. The van der Waals surface area contributed by atoms with Crippen LogP contribution in [0.1, 0.15) is 42.5 Å². The lowest BCUT2D eigenvalue weighted by molar-refractivity contribution is -0.110. The third-order valence-electron chi connectivity index (χ3n) is 7.08. The minimum atomic E-state index is -0.0838. The van der Waals surface area contributed by atoms with Gasteiger partial charge in [-0.3, -0.25) is 9.69 Å². The molecule has 0 atom stereocenters. The number of morpholine rings is 1. The third kappa shape index (κ3) is 5.61. The Morgan fingerprint density at radius 2 is 1.89 bits per heavy atom.